The van der Waals surface area contributed by atoms with Gasteiger partial charge in [-0.1, -0.05) is 45.9 Å². The van der Waals surface area contributed by atoms with Crippen molar-refractivity contribution in [1.82, 2.24) is 0 Å². The van der Waals surface area contributed by atoms with Crippen molar-refractivity contribution < 1.29 is 9.53 Å². The number of carbonyl (C=O) groups excluding carboxylic acids is 1. The summed E-state index contributed by atoms with van der Waals surface area (Å²) in [5.74, 6) is 1.56. The zero-order valence-electron chi connectivity index (χ0n) is 13.1. The van der Waals surface area contributed by atoms with E-state index < -0.39 is 0 Å². The molecule has 1 unspecified atom stereocenters. The molecule has 20 heavy (non-hydrogen) atoms. The van der Waals surface area contributed by atoms with Crippen LogP contribution in [-0.4, -0.2) is 12.9 Å². The molecule has 0 N–H and O–H groups in total. The molecule has 1 aromatic rings. The summed E-state index contributed by atoms with van der Waals surface area (Å²) < 4.78 is 5.76. The van der Waals surface area contributed by atoms with Crippen molar-refractivity contribution in [2.24, 2.45) is 11.3 Å². The average Bonchev–Trinajstić information content (AvgIpc) is 2.35. The quantitative estimate of drug-likeness (QED) is 0.530. The third-order valence-electron chi connectivity index (χ3n) is 3.09. The van der Waals surface area contributed by atoms with Gasteiger partial charge in [-0.2, -0.15) is 0 Å². The van der Waals surface area contributed by atoms with Gasteiger partial charge in [-0.25, -0.2) is 0 Å². The highest BCUT2D eigenvalue weighted by atomic mass is 16.5. The van der Waals surface area contributed by atoms with Crippen LogP contribution in [0, 0.1) is 11.3 Å². The van der Waals surface area contributed by atoms with Crippen molar-refractivity contribution in [3.63, 3.8) is 0 Å². The predicted molar refractivity (Wildman–Crippen MR) is 84.9 cm³/mol. The fraction of sp³-hybridized carbons (Fsp3) is 0.500. The Morgan fingerprint density at radius 2 is 1.85 bits per heavy atom. The van der Waals surface area contributed by atoms with E-state index in [4.69, 9.17) is 4.74 Å². The Morgan fingerprint density at radius 3 is 2.40 bits per heavy atom. The summed E-state index contributed by atoms with van der Waals surface area (Å²) in [5.41, 5.74) is 1.39. The highest BCUT2D eigenvalue weighted by molar-refractivity contribution is 5.73. The monoisotopic (exact) mass is 274 g/mol. The molecule has 2 nitrogen and oxygen atoms in total. The summed E-state index contributed by atoms with van der Waals surface area (Å²) in [6.45, 7) is 9.85. The van der Waals surface area contributed by atoms with E-state index in [9.17, 15) is 4.79 Å². The first-order valence-corrected chi connectivity index (χ1v) is 7.25. The van der Waals surface area contributed by atoms with Gasteiger partial charge in [0, 0.05) is 0 Å². The first-order chi connectivity index (χ1) is 9.40. The Bertz CT molecular complexity index is 424. The second-order valence-electron chi connectivity index (χ2n) is 6.57. The Hall–Kier alpha value is -1.57. The van der Waals surface area contributed by atoms with Crippen molar-refractivity contribution in [3.05, 3.63) is 35.9 Å². The van der Waals surface area contributed by atoms with Gasteiger partial charge >= 0.3 is 0 Å². The molecule has 110 valence electrons. The Kier molecular flexibility index (Phi) is 6.50. The van der Waals surface area contributed by atoms with Gasteiger partial charge in [-0.05, 0) is 47.9 Å². The van der Waals surface area contributed by atoms with Gasteiger partial charge in [0.25, 0.3) is 0 Å². The minimum Gasteiger partial charge on any atom is -0.494 e. The summed E-state index contributed by atoms with van der Waals surface area (Å²) >= 11 is 0. The number of ether oxygens (including phenoxy) is 1. The molecule has 0 aliphatic heterocycles. The average molecular weight is 274 g/mol. The highest BCUT2D eigenvalue weighted by Crippen LogP contribution is 2.26. The molecular formula is C18H26O2. The lowest BCUT2D eigenvalue weighted by atomic mass is 9.84. The molecule has 0 fully saturated rings. The molecule has 0 bridgehead atoms. The number of allylic oxidation sites excluding steroid dienone is 1. The van der Waals surface area contributed by atoms with E-state index in [2.05, 4.69) is 27.7 Å². The number of carbonyl (C=O) groups is 1. The van der Waals surface area contributed by atoms with Crippen LogP contribution in [0.4, 0.5) is 0 Å². The van der Waals surface area contributed by atoms with E-state index in [1.165, 1.54) is 12.5 Å². The van der Waals surface area contributed by atoms with E-state index in [-0.39, 0.29) is 0 Å². The Morgan fingerprint density at radius 1 is 1.20 bits per heavy atom. The summed E-state index contributed by atoms with van der Waals surface area (Å²) in [4.78, 5) is 10.2. The van der Waals surface area contributed by atoms with E-state index in [0.29, 0.717) is 11.3 Å². The van der Waals surface area contributed by atoms with Gasteiger partial charge in [0.15, 0.2) is 0 Å². The van der Waals surface area contributed by atoms with Gasteiger partial charge in [0.1, 0.15) is 12.0 Å². The number of benzene rings is 1. The molecule has 0 heterocycles. The molecule has 1 rings (SSSR count). The lowest BCUT2D eigenvalue weighted by molar-refractivity contribution is -0.104. The maximum atomic E-state index is 10.2. The summed E-state index contributed by atoms with van der Waals surface area (Å²) in [7, 11) is 0. The third-order valence-corrected chi connectivity index (χ3v) is 3.09. The minimum atomic E-state index is 0.381. The SMILES string of the molecule is CC(CCOc1ccc(/C=C/C=O)cc1)CC(C)(C)C. The van der Waals surface area contributed by atoms with Crippen LogP contribution in [0.25, 0.3) is 6.08 Å². The van der Waals surface area contributed by atoms with Crippen LogP contribution < -0.4 is 4.74 Å². The van der Waals surface area contributed by atoms with Crippen molar-refractivity contribution in [1.29, 1.82) is 0 Å². The van der Waals surface area contributed by atoms with E-state index in [1.54, 1.807) is 6.08 Å². The molecule has 0 saturated heterocycles. The van der Waals surface area contributed by atoms with Crippen LogP contribution in [0.1, 0.15) is 46.1 Å². The Balaban J connectivity index is 2.35. The Labute approximate surface area is 122 Å². The van der Waals surface area contributed by atoms with Gasteiger partial charge in [0.2, 0.25) is 0 Å². The summed E-state index contributed by atoms with van der Waals surface area (Å²) in [5, 5.41) is 0. The number of hydrogen-bond acceptors (Lipinski definition) is 2. The van der Waals surface area contributed by atoms with Crippen LogP contribution in [0.2, 0.25) is 0 Å². The standard InChI is InChI=1S/C18H26O2/c1-15(14-18(2,3)4)11-13-20-17-9-7-16(8-10-17)6-5-12-19/h5-10,12,15H,11,13-14H2,1-4H3/b6-5+. The van der Waals surface area contributed by atoms with E-state index in [1.807, 2.05) is 24.3 Å². The van der Waals surface area contributed by atoms with Crippen molar-refractivity contribution in [2.45, 2.75) is 40.5 Å². The highest BCUT2D eigenvalue weighted by Gasteiger charge is 2.15. The second kappa shape index (κ2) is 7.88. The van der Waals surface area contributed by atoms with Crippen LogP contribution in [-0.2, 0) is 4.79 Å². The third kappa shape index (κ3) is 7.13. The lowest BCUT2D eigenvalue weighted by Gasteiger charge is -2.23. The van der Waals surface area contributed by atoms with Gasteiger partial charge in [-0.15, -0.1) is 0 Å². The zero-order chi connectivity index (χ0) is 15.0. The molecule has 0 saturated carbocycles. The fourth-order valence-electron chi connectivity index (χ4n) is 2.35. The summed E-state index contributed by atoms with van der Waals surface area (Å²) in [6, 6.07) is 7.79. The normalized spacial score (nSPS) is 13.4. The van der Waals surface area contributed by atoms with Gasteiger partial charge in [0.05, 0.1) is 6.61 Å². The lowest BCUT2D eigenvalue weighted by Crippen LogP contribution is -2.13. The van der Waals surface area contributed by atoms with Crippen molar-refractivity contribution in [3.8, 4) is 5.75 Å². The first-order valence-electron chi connectivity index (χ1n) is 7.25. The molecule has 0 amide bonds. The van der Waals surface area contributed by atoms with Crippen molar-refractivity contribution in [2.75, 3.05) is 6.61 Å². The molecule has 0 spiro atoms. The molecular weight excluding hydrogens is 248 g/mol. The number of hydrogen-bond donors (Lipinski definition) is 0. The molecule has 0 aliphatic carbocycles. The molecule has 2 heteroatoms. The van der Waals surface area contributed by atoms with Crippen LogP contribution in [0.15, 0.2) is 30.3 Å². The smallest absolute Gasteiger partial charge is 0.142 e. The number of aldehydes is 1. The van der Waals surface area contributed by atoms with E-state index in [0.717, 1.165) is 30.6 Å². The molecule has 0 aromatic heterocycles. The molecule has 1 aromatic carbocycles. The molecule has 1 atom stereocenters. The fourth-order valence-corrected chi connectivity index (χ4v) is 2.35. The predicted octanol–water partition coefficient (Wildman–Crippen LogP) is 4.74. The summed E-state index contributed by atoms with van der Waals surface area (Å²) in [6.07, 6.45) is 6.34. The van der Waals surface area contributed by atoms with Gasteiger partial charge in [-0.3, -0.25) is 4.79 Å². The maximum Gasteiger partial charge on any atom is 0.142 e. The second-order valence-corrected chi connectivity index (χ2v) is 6.57. The van der Waals surface area contributed by atoms with Gasteiger partial charge < -0.3 is 4.74 Å². The van der Waals surface area contributed by atoms with E-state index >= 15 is 0 Å². The molecule has 0 aliphatic rings. The topological polar surface area (TPSA) is 26.3 Å². The van der Waals surface area contributed by atoms with Crippen molar-refractivity contribution >= 4 is 12.4 Å². The van der Waals surface area contributed by atoms with Crippen LogP contribution in [0.3, 0.4) is 0 Å². The molecule has 0 radical (unpaired) electrons. The largest absolute Gasteiger partial charge is 0.494 e. The number of rotatable bonds is 7. The van der Waals surface area contributed by atoms with Crippen LogP contribution in [0.5, 0.6) is 5.75 Å². The van der Waals surface area contributed by atoms with Crippen LogP contribution >= 0.6 is 0 Å². The first kappa shape index (κ1) is 16.5. The maximum absolute atomic E-state index is 10.2. The zero-order valence-corrected chi connectivity index (χ0v) is 13.1. The minimum absolute atomic E-state index is 0.381.